The molecule has 1 rings (SSSR count). The van der Waals surface area contributed by atoms with E-state index in [0.29, 0.717) is 0 Å². The third kappa shape index (κ3) is 1.13. The van der Waals surface area contributed by atoms with E-state index in [0.717, 1.165) is 6.07 Å². The summed E-state index contributed by atoms with van der Waals surface area (Å²) in [5.41, 5.74) is -0.574. The lowest BCUT2D eigenvalue weighted by molar-refractivity contribution is 0.561. The van der Waals surface area contributed by atoms with E-state index in [9.17, 15) is 9.18 Å². The molecule has 4 heteroatoms. The molecule has 1 heterocycles. The molecule has 0 spiro atoms. The minimum atomic E-state index is -0.738. The summed E-state index contributed by atoms with van der Waals surface area (Å²) in [4.78, 5) is 13.5. The molecule has 9 heavy (non-hydrogen) atoms. The maximum absolute atomic E-state index is 12.0. The first-order valence-corrected chi connectivity index (χ1v) is 2.39. The second kappa shape index (κ2) is 1.97. The van der Waals surface area contributed by atoms with E-state index in [2.05, 4.69) is 4.98 Å². The Labute approximate surface area is 50.8 Å². The van der Waals surface area contributed by atoms with Crippen molar-refractivity contribution >= 4 is 0 Å². The van der Waals surface area contributed by atoms with Gasteiger partial charge in [0, 0.05) is 19.3 Å². The van der Waals surface area contributed by atoms with Crippen LogP contribution in [0.1, 0.15) is 0 Å². The van der Waals surface area contributed by atoms with E-state index in [1.807, 2.05) is 0 Å². The first-order chi connectivity index (χ1) is 4.20. The van der Waals surface area contributed by atoms with Crippen LogP contribution < -0.4 is 5.69 Å². The number of nitrogens with zero attached hydrogens (tertiary/aromatic N) is 2. The van der Waals surface area contributed by atoms with Gasteiger partial charge in [-0.3, -0.25) is 0 Å². The molecule has 0 amide bonds. The van der Waals surface area contributed by atoms with E-state index < -0.39 is 11.6 Å². The molecule has 0 saturated heterocycles. The van der Waals surface area contributed by atoms with Crippen molar-refractivity contribution in [3.63, 3.8) is 0 Å². The summed E-state index contributed by atoms with van der Waals surface area (Å²) in [5.74, 6) is -0.738. The Morgan fingerprint density at radius 2 is 2.44 bits per heavy atom. The number of rotatable bonds is 0. The minimum Gasteiger partial charge on any atom is -0.302 e. The highest BCUT2D eigenvalue weighted by Crippen LogP contribution is 1.82. The van der Waals surface area contributed by atoms with Crippen LogP contribution in [0.25, 0.3) is 0 Å². The summed E-state index contributed by atoms with van der Waals surface area (Å²) >= 11 is 0. The highest BCUT2D eigenvalue weighted by Gasteiger charge is 1.91. The van der Waals surface area contributed by atoms with Gasteiger partial charge in [-0.2, -0.15) is 9.37 Å². The number of aromatic nitrogens is 2. The van der Waals surface area contributed by atoms with Crippen molar-refractivity contribution in [2.24, 2.45) is 7.05 Å². The number of aryl methyl sites for hydroxylation is 1. The summed E-state index contributed by atoms with van der Waals surface area (Å²) in [7, 11) is 1.51. The topological polar surface area (TPSA) is 34.9 Å². The quantitative estimate of drug-likeness (QED) is 0.458. The molecule has 0 atom stereocenters. The maximum atomic E-state index is 12.0. The number of hydrogen-bond donors (Lipinski definition) is 0. The van der Waals surface area contributed by atoms with Crippen LogP contribution in [0, 0.1) is 5.95 Å². The van der Waals surface area contributed by atoms with Gasteiger partial charge in [0.05, 0.1) is 0 Å². The molecule has 0 saturated carbocycles. The standard InChI is InChI=1S/C5H5FN2O/c1-8-3-2-4(6)7-5(8)9/h2-3H,1H3. The molecule has 1 aromatic rings. The van der Waals surface area contributed by atoms with Gasteiger partial charge in [0.2, 0.25) is 5.95 Å². The summed E-state index contributed by atoms with van der Waals surface area (Å²) in [6.45, 7) is 0. The smallest absolute Gasteiger partial charge is 0.302 e. The third-order valence-corrected chi connectivity index (χ3v) is 0.940. The molecule has 0 N–H and O–H groups in total. The van der Waals surface area contributed by atoms with Gasteiger partial charge in [0.1, 0.15) is 0 Å². The molecule has 0 aliphatic carbocycles. The van der Waals surface area contributed by atoms with Crippen molar-refractivity contribution in [2.45, 2.75) is 0 Å². The van der Waals surface area contributed by atoms with E-state index in [1.54, 1.807) is 0 Å². The Kier molecular flexibility index (Phi) is 1.30. The molecule has 0 unspecified atom stereocenters. The highest BCUT2D eigenvalue weighted by atomic mass is 19.1. The Bertz CT molecular complexity index is 268. The zero-order chi connectivity index (χ0) is 6.85. The van der Waals surface area contributed by atoms with Crippen molar-refractivity contribution in [3.05, 3.63) is 28.7 Å². The number of halogens is 1. The molecule has 0 radical (unpaired) electrons. The largest absolute Gasteiger partial charge is 0.349 e. The first-order valence-electron chi connectivity index (χ1n) is 2.39. The van der Waals surface area contributed by atoms with E-state index >= 15 is 0 Å². The summed E-state index contributed by atoms with van der Waals surface area (Å²) in [5, 5.41) is 0. The summed E-state index contributed by atoms with van der Waals surface area (Å²) < 4.78 is 13.2. The summed E-state index contributed by atoms with van der Waals surface area (Å²) in [6, 6.07) is 1.13. The second-order valence-electron chi connectivity index (χ2n) is 1.64. The van der Waals surface area contributed by atoms with Crippen molar-refractivity contribution in [3.8, 4) is 0 Å². The minimum absolute atomic E-state index is 0.574. The van der Waals surface area contributed by atoms with Crippen molar-refractivity contribution in [1.82, 2.24) is 9.55 Å². The van der Waals surface area contributed by atoms with Crippen LogP contribution in [-0.2, 0) is 7.05 Å². The van der Waals surface area contributed by atoms with Crippen LogP contribution in [-0.4, -0.2) is 9.55 Å². The van der Waals surface area contributed by atoms with Crippen molar-refractivity contribution < 1.29 is 4.39 Å². The van der Waals surface area contributed by atoms with Gasteiger partial charge in [0.25, 0.3) is 0 Å². The van der Waals surface area contributed by atoms with Crippen LogP contribution in [0.3, 0.4) is 0 Å². The fourth-order valence-electron chi connectivity index (χ4n) is 0.445. The predicted octanol–water partition coefficient (Wildman–Crippen LogP) is -0.0806. The van der Waals surface area contributed by atoms with Crippen LogP contribution in [0.4, 0.5) is 4.39 Å². The Balaban J connectivity index is 3.34. The molecule has 48 valence electrons. The molecule has 0 aliphatic heterocycles. The Morgan fingerprint density at radius 3 is 2.89 bits per heavy atom. The molecule has 1 aromatic heterocycles. The number of hydrogen-bond acceptors (Lipinski definition) is 2. The van der Waals surface area contributed by atoms with E-state index in [4.69, 9.17) is 0 Å². The zero-order valence-corrected chi connectivity index (χ0v) is 4.84. The first kappa shape index (κ1) is 5.94. The van der Waals surface area contributed by atoms with Crippen LogP contribution in [0.5, 0.6) is 0 Å². The maximum Gasteiger partial charge on any atom is 0.349 e. The highest BCUT2D eigenvalue weighted by molar-refractivity contribution is 4.82. The normalized spacial score (nSPS) is 9.56. The van der Waals surface area contributed by atoms with Crippen LogP contribution >= 0.6 is 0 Å². The fourth-order valence-corrected chi connectivity index (χ4v) is 0.445. The van der Waals surface area contributed by atoms with Gasteiger partial charge in [-0.15, -0.1) is 0 Å². The van der Waals surface area contributed by atoms with Gasteiger partial charge in [-0.25, -0.2) is 4.79 Å². The molecule has 0 fully saturated rings. The lowest BCUT2D eigenvalue weighted by Gasteiger charge is -1.90. The van der Waals surface area contributed by atoms with Gasteiger partial charge >= 0.3 is 5.69 Å². The average molecular weight is 128 g/mol. The van der Waals surface area contributed by atoms with E-state index in [-0.39, 0.29) is 0 Å². The monoisotopic (exact) mass is 128 g/mol. The summed E-state index contributed by atoms with van der Waals surface area (Å²) in [6.07, 6.45) is 1.32. The van der Waals surface area contributed by atoms with Gasteiger partial charge in [-0.05, 0) is 0 Å². The molecular weight excluding hydrogens is 123 g/mol. The van der Waals surface area contributed by atoms with Gasteiger partial charge in [-0.1, -0.05) is 0 Å². The second-order valence-corrected chi connectivity index (χ2v) is 1.64. The molecule has 3 nitrogen and oxygen atoms in total. The SMILES string of the molecule is Cn1ccc(F)nc1=O. The lowest BCUT2D eigenvalue weighted by atomic mass is 10.6. The van der Waals surface area contributed by atoms with Crippen LogP contribution in [0.15, 0.2) is 17.1 Å². The lowest BCUT2D eigenvalue weighted by Crippen LogP contribution is -2.19. The predicted molar refractivity (Wildman–Crippen MR) is 29.4 cm³/mol. The van der Waals surface area contributed by atoms with Crippen molar-refractivity contribution in [2.75, 3.05) is 0 Å². The van der Waals surface area contributed by atoms with Crippen LogP contribution in [0.2, 0.25) is 0 Å². The van der Waals surface area contributed by atoms with Crippen molar-refractivity contribution in [1.29, 1.82) is 0 Å². The fraction of sp³-hybridized carbons (Fsp3) is 0.200. The molecule has 0 aromatic carbocycles. The molecular formula is C5H5FN2O. The van der Waals surface area contributed by atoms with E-state index in [1.165, 1.54) is 17.8 Å². The molecule has 0 aliphatic rings. The van der Waals surface area contributed by atoms with Gasteiger partial charge < -0.3 is 4.57 Å². The Hall–Kier alpha value is -1.19. The zero-order valence-electron chi connectivity index (χ0n) is 4.84. The Morgan fingerprint density at radius 1 is 1.78 bits per heavy atom. The van der Waals surface area contributed by atoms with Gasteiger partial charge in [0.15, 0.2) is 0 Å². The average Bonchev–Trinajstić information content (AvgIpc) is 1.80. The molecule has 0 bridgehead atoms. The third-order valence-electron chi connectivity index (χ3n) is 0.940.